The molecule has 1 aromatic carbocycles. The molecular weight excluding hydrogens is 262 g/mol. The number of hydrogen-bond donors (Lipinski definition) is 0. The number of rotatable bonds is 5. The zero-order valence-electron chi connectivity index (χ0n) is 12.8. The van der Waals surface area contributed by atoms with E-state index in [1.807, 2.05) is 18.2 Å². The molecule has 1 atom stereocenters. The first kappa shape index (κ1) is 14.6. The number of benzene rings is 1. The van der Waals surface area contributed by atoms with Crippen molar-refractivity contribution in [3.05, 3.63) is 35.9 Å². The van der Waals surface area contributed by atoms with Crippen LogP contribution >= 0.6 is 0 Å². The fraction of sp³-hybridized carbons (Fsp3) is 0.611. The Labute approximate surface area is 127 Å². The van der Waals surface area contributed by atoms with Crippen LogP contribution in [0.5, 0.6) is 0 Å². The number of nitrogens with zero attached hydrogens (tertiary/aromatic N) is 1. The van der Waals surface area contributed by atoms with Crippen LogP contribution in [-0.2, 0) is 16.1 Å². The van der Waals surface area contributed by atoms with Gasteiger partial charge < -0.3 is 9.64 Å². The molecule has 114 valence electrons. The van der Waals surface area contributed by atoms with Gasteiger partial charge in [0.15, 0.2) is 0 Å². The molecule has 21 heavy (non-hydrogen) atoms. The van der Waals surface area contributed by atoms with Gasteiger partial charge in [0.1, 0.15) is 0 Å². The van der Waals surface area contributed by atoms with Crippen LogP contribution in [0.1, 0.15) is 38.2 Å². The molecule has 2 aliphatic rings. The maximum atomic E-state index is 12.9. The van der Waals surface area contributed by atoms with Gasteiger partial charge in [-0.2, -0.15) is 0 Å². The minimum absolute atomic E-state index is 0.156. The molecule has 0 aromatic heterocycles. The van der Waals surface area contributed by atoms with E-state index in [4.69, 9.17) is 4.74 Å². The van der Waals surface area contributed by atoms with E-state index in [1.165, 1.54) is 18.4 Å². The molecule has 0 spiro atoms. The largest absolute Gasteiger partial charge is 0.381 e. The van der Waals surface area contributed by atoms with Gasteiger partial charge in [-0.1, -0.05) is 30.3 Å². The summed E-state index contributed by atoms with van der Waals surface area (Å²) in [6.45, 7) is 4.42. The number of carbonyl (C=O) groups is 1. The Hall–Kier alpha value is -1.35. The summed E-state index contributed by atoms with van der Waals surface area (Å²) in [5.41, 5.74) is 1.23. The van der Waals surface area contributed by atoms with Gasteiger partial charge in [0.25, 0.3) is 0 Å². The molecule has 0 bridgehead atoms. The van der Waals surface area contributed by atoms with Crippen molar-refractivity contribution in [2.24, 2.45) is 11.8 Å². The molecule has 2 fully saturated rings. The SMILES string of the molecule is CC(C1CC1)N(Cc1ccccc1)C(=O)C1CCOCC1. The van der Waals surface area contributed by atoms with Crippen LogP contribution in [0.3, 0.4) is 0 Å². The minimum atomic E-state index is 0.156. The van der Waals surface area contributed by atoms with E-state index in [-0.39, 0.29) is 5.92 Å². The van der Waals surface area contributed by atoms with Gasteiger partial charge >= 0.3 is 0 Å². The lowest BCUT2D eigenvalue weighted by Crippen LogP contribution is -2.44. The summed E-state index contributed by atoms with van der Waals surface area (Å²) >= 11 is 0. The first-order valence-corrected chi connectivity index (χ1v) is 8.18. The van der Waals surface area contributed by atoms with Crippen molar-refractivity contribution in [3.8, 4) is 0 Å². The summed E-state index contributed by atoms with van der Waals surface area (Å²) < 4.78 is 5.40. The fourth-order valence-corrected chi connectivity index (χ4v) is 3.21. The molecule has 1 aliphatic carbocycles. The Morgan fingerprint density at radius 3 is 2.48 bits per heavy atom. The van der Waals surface area contributed by atoms with Gasteiger partial charge in [0.2, 0.25) is 5.91 Å². The third kappa shape index (κ3) is 3.65. The molecule has 1 aliphatic heterocycles. The molecule has 1 heterocycles. The predicted molar refractivity (Wildman–Crippen MR) is 82.7 cm³/mol. The summed E-state index contributed by atoms with van der Waals surface area (Å²) in [6, 6.07) is 10.7. The van der Waals surface area contributed by atoms with Crippen LogP contribution in [0, 0.1) is 11.8 Å². The predicted octanol–water partition coefficient (Wildman–Crippen LogP) is 3.24. The molecule has 1 unspecified atom stereocenters. The van der Waals surface area contributed by atoms with Gasteiger partial charge in [-0.25, -0.2) is 0 Å². The highest BCUT2D eigenvalue weighted by molar-refractivity contribution is 5.79. The lowest BCUT2D eigenvalue weighted by Gasteiger charge is -2.34. The smallest absolute Gasteiger partial charge is 0.226 e. The molecule has 1 amide bonds. The minimum Gasteiger partial charge on any atom is -0.381 e. The van der Waals surface area contributed by atoms with Gasteiger partial charge in [0, 0.05) is 31.7 Å². The third-order valence-electron chi connectivity index (χ3n) is 4.85. The van der Waals surface area contributed by atoms with Crippen molar-refractivity contribution >= 4 is 5.91 Å². The van der Waals surface area contributed by atoms with E-state index in [0.717, 1.165) is 32.6 Å². The molecule has 0 N–H and O–H groups in total. The Kier molecular flexibility index (Phi) is 4.59. The summed E-state index contributed by atoms with van der Waals surface area (Å²) in [6.07, 6.45) is 4.30. The monoisotopic (exact) mass is 287 g/mol. The van der Waals surface area contributed by atoms with Crippen LogP contribution < -0.4 is 0 Å². The molecule has 0 radical (unpaired) electrons. The first-order chi connectivity index (χ1) is 10.3. The number of carbonyl (C=O) groups excluding carboxylic acids is 1. The van der Waals surface area contributed by atoms with Crippen molar-refractivity contribution in [2.75, 3.05) is 13.2 Å². The molecular formula is C18H25NO2. The zero-order valence-corrected chi connectivity index (χ0v) is 12.8. The molecule has 1 saturated heterocycles. The highest BCUT2D eigenvalue weighted by atomic mass is 16.5. The van der Waals surface area contributed by atoms with Crippen LogP contribution in [0.4, 0.5) is 0 Å². The summed E-state index contributed by atoms with van der Waals surface area (Å²) in [4.78, 5) is 15.1. The standard InChI is InChI=1S/C18H25NO2/c1-14(16-7-8-16)19(13-15-5-3-2-4-6-15)18(20)17-9-11-21-12-10-17/h2-6,14,16-17H,7-13H2,1H3. The second-order valence-corrected chi connectivity index (χ2v) is 6.42. The first-order valence-electron chi connectivity index (χ1n) is 8.18. The van der Waals surface area contributed by atoms with Gasteiger partial charge in [0.05, 0.1) is 0 Å². The fourth-order valence-electron chi connectivity index (χ4n) is 3.21. The molecule has 1 aromatic rings. The quantitative estimate of drug-likeness (QED) is 0.832. The second-order valence-electron chi connectivity index (χ2n) is 6.42. The lowest BCUT2D eigenvalue weighted by atomic mass is 9.97. The average Bonchev–Trinajstić information content (AvgIpc) is 3.38. The Bertz CT molecular complexity index is 463. The Balaban J connectivity index is 1.73. The van der Waals surface area contributed by atoms with Gasteiger partial charge in [-0.3, -0.25) is 4.79 Å². The normalized spacial score (nSPS) is 21.0. The van der Waals surface area contributed by atoms with E-state index in [2.05, 4.69) is 24.0 Å². The Morgan fingerprint density at radius 1 is 1.19 bits per heavy atom. The summed E-state index contributed by atoms with van der Waals surface area (Å²) in [5.74, 6) is 1.20. The van der Waals surface area contributed by atoms with Crippen LogP contribution in [0.2, 0.25) is 0 Å². The zero-order chi connectivity index (χ0) is 14.7. The van der Waals surface area contributed by atoms with Crippen molar-refractivity contribution in [3.63, 3.8) is 0 Å². The average molecular weight is 287 g/mol. The van der Waals surface area contributed by atoms with E-state index < -0.39 is 0 Å². The number of amides is 1. The summed E-state index contributed by atoms with van der Waals surface area (Å²) in [7, 11) is 0. The maximum absolute atomic E-state index is 12.9. The molecule has 3 nitrogen and oxygen atoms in total. The van der Waals surface area contributed by atoms with Gasteiger partial charge in [-0.15, -0.1) is 0 Å². The van der Waals surface area contributed by atoms with E-state index in [1.54, 1.807) is 0 Å². The van der Waals surface area contributed by atoms with Crippen molar-refractivity contribution in [1.82, 2.24) is 4.90 Å². The highest BCUT2D eigenvalue weighted by Gasteiger charge is 2.36. The second kappa shape index (κ2) is 6.61. The number of ether oxygens (including phenoxy) is 1. The maximum Gasteiger partial charge on any atom is 0.226 e. The Morgan fingerprint density at radius 2 is 1.86 bits per heavy atom. The summed E-state index contributed by atoms with van der Waals surface area (Å²) in [5, 5.41) is 0. The van der Waals surface area contributed by atoms with Crippen molar-refractivity contribution in [2.45, 2.75) is 45.2 Å². The van der Waals surface area contributed by atoms with Gasteiger partial charge in [-0.05, 0) is 44.1 Å². The van der Waals surface area contributed by atoms with Crippen LogP contribution in [0.25, 0.3) is 0 Å². The molecule has 1 saturated carbocycles. The van der Waals surface area contributed by atoms with Crippen LogP contribution in [-0.4, -0.2) is 30.1 Å². The third-order valence-corrected chi connectivity index (χ3v) is 4.85. The highest BCUT2D eigenvalue weighted by Crippen LogP contribution is 2.36. The van der Waals surface area contributed by atoms with Crippen LogP contribution in [0.15, 0.2) is 30.3 Å². The van der Waals surface area contributed by atoms with E-state index in [0.29, 0.717) is 17.9 Å². The van der Waals surface area contributed by atoms with Crippen molar-refractivity contribution in [1.29, 1.82) is 0 Å². The topological polar surface area (TPSA) is 29.5 Å². The van der Waals surface area contributed by atoms with E-state index in [9.17, 15) is 4.79 Å². The van der Waals surface area contributed by atoms with Crippen molar-refractivity contribution < 1.29 is 9.53 Å². The molecule has 3 heteroatoms. The number of hydrogen-bond acceptors (Lipinski definition) is 2. The van der Waals surface area contributed by atoms with E-state index >= 15 is 0 Å². The molecule has 3 rings (SSSR count). The lowest BCUT2D eigenvalue weighted by molar-refractivity contribution is -0.141.